The van der Waals surface area contributed by atoms with Crippen molar-refractivity contribution in [1.82, 2.24) is 0 Å². The monoisotopic (exact) mass is 410 g/mol. The topological polar surface area (TPSA) is 120 Å². The number of rotatable bonds is 6. The van der Waals surface area contributed by atoms with Gasteiger partial charge in [0.25, 0.3) is 11.6 Å². The number of nitro benzene ring substituents is 1. The molecular formula is C20H16N3O5S-. The standard InChI is InChI=1S/C20H16N3O5S/c1-14-6-2-4-8-18(14)22-29(27,28)16-12-10-15(11-13-16)21-20(24)17-7-3-5-9-19(17)23(25)26/h2-13H,1H3,(H,21,24)/q-1. The van der Waals surface area contributed by atoms with Gasteiger partial charge in [-0.25, -0.2) is 8.42 Å². The zero-order valence-corrected chi connectivity index (χ0v) is 16.1. The lowest BCUT2D eigenvalue weighted by Crippen LogP contribution is -2.14. The van der Waals surface area contributed by atoms with Gasteiger partial charge in [-0.1, -0.05) is 42.0 Å². The van der Waals surface area contributed by atoms with E-state index in [1.165, 1.54) is 48.5 Å². The van der Waals surface area contributed by atoms with E-state index in [9.17, 15) is 23.3 Å². The van der Waals surface area contributed by atoms with Crippen LogP contribution in [-0.2, 0) is 10.0 Å². The first-order valence-electron chi connectivity index (χ1n) is 8.46. The van der Waals surface area contributed by atoms with Crippen molar-refractivity contribution in [3.8, 4) is 0 Å². The molecule has 1 N–H and O–H groups in total. The van der Waals surface area contributed by atoms with Crippen molar-refractivity contribution in [1.29, 1.82) is 0 Å². The molecule has 0 aromatic heterocycles. The molecule has 0 spiro atoms. The second-order valence-electron chi connectivity index (χ2n) is 6.11. The van der Waals surface area contributed by atoms with Crippen LogP contribution in [0.25, 0.3) is 4.72 Å². The summed E-state index contributed by atoms with van der Waals surface area (Å²) in [6, 6.07) is 17.8. The van der Waals surface area contributed by atoms with Crippen LogP contribution in [0.4, 0.5) is 17.1 Å². The molecule has 1 amide bonds. The van der Waals surface area contributed by atoms with Gasteiger partial charge in [0.05, 0.1) is 9.82 Å². The number of nitro groups is 1. The van der Waals surface area contributed by atoms with E-state index in [1.807, 2.05) is 0 Å². The Bertz CT molecular complexity index is 1170. The molecule has 0 fully saturated rings. The van der Waals surface area contributed by atoms with Crippen molar-refractivity contribution < 1.29 is 18.1 Å². The molecule has 3 rings (SSSR count). The van der Waals surface area contributed by atoms with Crippen LogP contribution in [0.15, 0.2) is 77.7 Å². The molecule has 0 aliphatic rings. The zero-order chi connectivity index (χ0) is 21.0. The minimum Gasteiger partial charge on any atom is -0.572 e. The number of para-hydroxylation sites is 1. The number of hydrogen-bond acceptors (Lipinski definition) is 5. The second kappa shape index (κ2) is 8.11. The van der Waals surface area contributed by atoms with Crippen molar-refractivity contribution >= 4 is 33.0 Å². The fourth-order valence-corrected chi connectivity index (χ4v) is 3.63. The number of carbonyl (C=O) groups excluding carboxylic acids is 1. The SMILES string of the molecule is Cc1ccccc1[N-]S(=O)(=O)c1ccc(NC(=O)c2ccccc2[N+](=O)[O-])cc1. The Morgan fingerprint density at radius 2 is 1.59 bits per heavy atom. The summed E-state index contributed by atoms with van der Waals surface area (Å²) in [5.74, 6) is -0.669. The molecule has 3 aromatic rings. The number of hydrogen-bond donors (Lipinski definition) is 1. The quantitative estimate of drug-likeness (QED) is 0.472. The van der Waals surface area contributed by atoms with E-state index in [0.717, 1.165) is 5.56 Å². The third-order valence-corrected chi connectivity index (χ3v) is 5.39. The van der Waals surface area contributed by atoms with Gasteiger partial charge < -0.3 is 10.0 Å². The number of sulfonamides is 1. The Morgan fingerprint density at radius 3 is 2.24 bits per heavy atom. The van der Waals surface area contributed by atoms with Gasteiger partial charge in [0.1, 0.15) is 15.6 Å². The summed E-state index contributed by atoms with van der Waals surface area (Å²) >= 11 is 0. The third kappa shape index (κ3) is 4.58. The Hall–Kier alpha value is -3.72. The molecule has 0 unspecified atom stereocenters. The molecule has 8 nitrogen and oxygen atoms in total. The number of nitrogens with zero attached hydrogens (tertiary/aromatic N) is 2. The van der Waals surface area contributed by atoms with Crippen LogP contribution < -0.4 is 5.32 Å². The number of amides is 1. The highest BCUT2D eigenvalue weighted by atomic mass is 32.2. The summed E-state index contributed by atoms with van der Waals surface area (Å²) in [6.07, 6.45) is 0. The predicted molar refractivity (Wildman–Crippen MR) is 109 cm³/mol. The maximum Gasteiger partial charge on any atom is 0.282 e. The Balaban J connectivity index is 1.78. The fraction of sp³-hybridized carbons (Fsp3) is 0.0500. The molecule has 0 saturated carbocycles. The summed E-state index contributed by atoms with van der Waals surface area (Å²) in [5, 5.41) is 13.6. The van der Waals surface area contributed by atoms with Crippen molar-refractivity contribution in [2.45, 2.75) is 11.8 Å². The minimum atomic E-state index is -3.93. The second-order valence-corrected chi connectivity index (χ2v) is 7.71. The number of anilines is 1. The van der Waals surface area contributed by atoms with Crippen molar-refractivity contribution in [3.63, 3.8) is 0 Å². The maximum atomic E-state index is 12.5. The number of nitrogens with one attached hydrogen (secondary N) is 1. The first-order valence-corrected chi connectivity index (χ1v) is 9.90. The molecule has 148 valence electrons. The molecule has 0 atom stereocenters. The number of carbonyl (C=O) groups is 1. The number of benzene rings is 3. The molecule has 0 bridgehead atoms. The van der Waals surface area contributed by atoms with Crippen LogP contribution >= 0.6 is 0 Å². The first-order chi connectivity index (χ1) is 13.8. The molecule has 0 aliphatic carbocycles. The van der Waals surface area contributed by atoms with Gasteiger partial charge in [-0.05, 0) is 37.3 Å². The molecule has 9 heteroatoms. The lowest BCUT2D eigenvalue weighted by molar-refractivity contribution is -0.385. The van der Waals surface area contributed by atoms with Gasteiger partial charge in [-0.3, -0.25) is 14.9 Å². The zero-order valence-electron chi connectivity index (χ0n) is 15.3. The summed E-state index contributed by atoms with van der Waals surface area (Å²) in [7, 11) is -3.93. The summed E-state index contributed by atoms with van der Waals surface area (Å²) in [4.78, 5) is 22.7. The van der Waals surface area contributed by atoms with E-state index >= 15 is 0 Å². The van der Waals surface area contributed by atoms with Crippen molar-refractivity contribution in [3.05, 3.63) is 98.8 Å². The van der Waals surface area contributed by atoms with Gasteiger partial charge in [0.15, 0.2) is 0 Å². The van der Waals surface area contributed by atoms with E-state index in [-0.39, 0.29) is 16.1 Å². The van der Waals surface area contributed by atoms with Crippen LogP contribution in [0.5, 0.6) is 0 Å². The van der Waals surface area contributed by atoms with Gasteiger partial charge in [-0.2, -0.15) is 0 Å². The predicted octanol–water partition coefficient (Wildman–Crippen LogP) is 4.55. The van der Waals surface area contributed by atoms with E-state index in [2.05, 4.69) is 10.0 Å². The van der Waals surface area contributed by atoms with Crippen LogP contribution in [0.3, 0.4) is 0 Å². The van der Waals surface area contributed by atoms with E-state index in [1.54, 1.807) is 31.2 Å². The summed E-state index contributed by atoms with van der Waals surface area (Å²) < 4.78 is 28.8. The molecule has 0 aliphatic heterocycles. The van der Waals surface area contributed by atoms with Gasteiger partial charge in [-0.15, -0.1) is 5.69 Å². The van der Waals surface area contributed by atoms with Crippen LogP contribution in [0.2, 0.25) is 0 Å². The lowest BCUT2D eigenvalue weighted by atomic mass is 10.1. The molecular weight excluding hydrogens is 394 g/mol. The Kier molecular flexibility index (Phi) is 5.60. The van der Waals surface area contributed by atoms with Gasteiger partial charge in [0.2, 0.25) is 0 Å². The lowest BCUT2D eigenvalue weighted by Gasteiger charge is -2.24. The highest BCUT2D eigenvalue weighted by molar-refractivity contribution is 7.94. The molecule has 0 radical (unpaired) electrons. The summed E-state index contributed by atoms with van der Waals surface area (Å²) in [6.45, 7) is 1.76. The average molecular weight is 410 g/mol. The molecule has 29 heavy (non-hydrogen) atoms. The molecule has 3 aromatic carbocycles. The van der Waals surface area contributed by atoms with Crippen LogP contribution in [-0.4, -0.2) is 19.2 Å². The van der Waals surface area contributed by atoms with E-state index < -0.39 is 20.9 Å². The molecule has 0 saturated heterocycles. The Labute approximate surface area is 167 Å². The first kappa shape index (κ1) is 20.0. The third-order valence-electron chi connectivity index (χ3n) is 4.09. The number of aryl methyl sites for hydroxylation is 1. The van der Waals surface area contributed by atoms with Gasteiger partial charge >= 0.3 is 0 Å². The smallest absolute Gasteiger partial charge is 0.282 e. The van der Waals surface area contributed by atoms with E-state index in [4.69, 9.17) is 0 Å². The highest BCUT2D eigenvalue weighted by Crippen LogP contribution is 2.30. The Morgan fingerprint density at radius 1 is 0.966 bits per heavy atom. The summed E-state index contributed by atoms with van der Waals surface area (Å²) in [5.41, 5.74) is 0.957. The molecule has 0 heterocycles. The van der Waals surface area contributed by atoms with Crippen molar-refractivity contribution in [2.75, 3.05) is 5.32 Å². The van der Waals surface area contributed by atoms with Crippen LogP contribution in [0, 0.1) is 17.0 Å². The van der Waals surface area contributed by atoms with Gasteiger partial charge in [0, 0.05) is 11.8 Å². The average Bonchev–Trinajstić information content (AvgIpc) is 2.70. The highest BCUT2D eigenvalue weighted by Gasteiger charge is 2.19. The fourth-order valence-electron chi connectivity index (χ4n) is 2.58. The van der Waals surface area contributed by atoms with Crippen molar-refractivity contribution in [2.24, 2.45) is 0 Å². The largest absolute Gasteiger partial charge is 0.572 e. The normalized spacial score (nSPS) is 10.9. The van der Waals surface area contributed by atoms with Crippen LogP contribution in [0.1, 0.15) is 15.9 Å². The van der Waals surface area contributed by atoms with E-state index in [0.29, 0.717) is 11.4 Å². The maximum absolute atomic E-state index is 12.5. The minimum absolute atomic E-state index is 0.0376.